The summed E-state index contributed by atoms with van der Waals surface area (Å²) >= 11 is 0. The molecule has 0 N–H and O–H groups in total. The van der Waals surface area contributed by atoms with Crippen molar-refractivity contribution in [2.24, 2.45) is 0 Å². The van der Waals surface area contributed by atoms with Gasteiger partial charge >= 0.3 is 0 Å². The molecule has 1 aliphatic heterocycles. The molecule has 8 nitrogen and oxygen atoms in total. The first-order valence-electron chi connectivity index (χ1n) is 10.1. The lowest BCUT2D eigenvalue weighted by Gasteiger charge is -2.37. The standard InChI is InChI=1S/C22H28N6O2/c1-26-11-13-27(14-12-26)21(19-10-9-18(29-2)15-20(19)30-3)22-23-24-25-28(22)16-17-7-5-4-6-8-17/h4-10,15,21H,11-14,16H2,1-3H3/t21-/m1/s1. The fourth-order valence-electron chi connectivity index (χ4n) is 3.90. The van der Waals surface area contributed by atoms with Crippen LogP contribution in [0.3, 0.4) is 0 Å². The van der Waals surface area contributed by atoms with Gasteiger partial charge in [-0.1, -0.05) is 30.3 Å². The SMILES string of the molecule is COc1ccc([C@H](c2nnnn2Cc2ccccc2)N2CCN(C)CC2)c(OC)c1. The van der Waals surface area contributed by atoms with Crippen LogP contribution in [-0.2, 0) is 6.54 Å². The maximum absolute atomic E-state index is 5.74. The van der Waals surface area contributed by atoms with Crippen LogP contribution in [0.5, 0.6) is 11.5 Å². The molecule has 0 spiro atoms. The zero-order chi connectivity index (χ0) is 20.9. The van der Waals surface area contributed by atoms with Gasteiger partial charge in [-0.05, 0) is 35.2 Å². The molecule has 1 fully saturated rings. The van der Waals surface area contributed by atoms with Crippen molar-refractivity contribution < 1.29 is 9.47 Å². The highest BCUT2D eigenvalue weighted by Crippen LogP contribution is 2.36. The van der Waals surface area contributed by atoms with E-state index in [4.69, 9.17) is 9.47 Å². The third-order valence-corrected chi connectivity index (χ3v) is 5.62. The molecule has 30 heavy (non-hydrogen) atoms. The van der Waals surface area contributed by atoms with E-state index in [0.717, 1.165) is 54.6 Å². The van der Waals surface area contributed by atoms with Crippen LogP contribution in [0.25, 0.3) is 0 Å². The Balaban J connectivity index is 1.75. The number of hydrogen-bond acceptors (Lipinski definition) is 7. The first kappa shape index (κ1) is 20.3. The highest BCUT2D eigenvalue weighted by atomic mass is 16.5. The summed E-state index contributed by atoms with van der Waals surface area (Å²) in [6.45, 7) is 4.46. The Labute approximate surface area is 177 Å². The lowest BCUT2D eigenvalue weighted by atomic mass is 10.0. The van der Waals surface area contributed by atoms with Crippen LogP contribution in [0.4, 0.5) is 0 Å². The van der Waals surface area contributed by atoms with E-state index < -0.39 is 0 Å². The molecular formula is C22H28N6O2. The molecule has 1 aromatic heterocycles. The summed E-state index contributed by atoms with van der Waals surface area (Å²) in [5.41, 5.74) is 2.19. The number of hydrogen-bond donors (Lipinski definition) is 0. The van der Waals surface area contributed by atoms with Crippen molar-refractivity contribution in [3.63, 3.8) is 0 Å². The Morgan fingerprint density at radius 3 is 2.43 bits per heavy atom. The molecule has 0 unspecified atom stereocenters. The molecule has 2 heterocycles. The van der Waals surface area contributed by atoms with Crippen LogP contribution < -0.4 is 9.47 Å². The van der Waals surface area contributed by atoms with Crippen molar-refractivity contribution in [1.82, 2.24) is 30.0 Å². The second kappa shape index (κ2) is 9.23. The van der Waals surface area contributed by atoms with Gasteiger partial charge < -0.3 is 14.4 Å². The molecule has 0 amide bonds. The van der Waals surface area contributed by atoms with Crippen LogP contribution >= 0.6 is 0 Å². The Hall–Kier alpha value is -2.97. The average Bonchev–Trinajstić information content (AvgIpc) is 3.23. The van der Waals surface area contributed by atoms with E-state index >= 15 is 0 Å². The summed E-state index contributed by atoms with van der Waals surface area (Å²) in [5.74, 6) is 2.34. The second-order valence-electron chi connectivity index (χ2n) is 7.53. The van der Waals surface area contributed by atoms with Crippen molar-refractivity contribution in [1.29, 1.82) is 0 Å². The molecule has 2 aromatic carbocycles. The Morgan fingerprint density at radius 1 is 0.967 bits per heavy atom. The second-order valence-corrected chi connectivity index (χ2v) is 7.53. The predicted octanol–water partition coefficient (Wildman–Crippen LogP) is 2.08. The minimum atomic E-state index is -0.113. The summed E-state index contributed by atoms with van der Waals surface area (Å²) < 4.78 is 13.0. The summed E-state index contributed by atoms with van der Waals surface area (Å²) in [6, 6.07) is 16.1. The van der Waals surface area contributed by atoms with Gasteiger partial charge in [0.15, 0.2) is 5.82 Å². The average molecular weight is 409 g/mol. The van der Waals surface area contributed by atoms with Crippen molar-refractivity contribution in [2.75, 3.05) is 47.4 Å². The van der Waals surface area contributed by atoms with Crippen LogP contribution in [0.2, 0.25) is 0 Å². The molecule has 158 valence electrons. The Bertz CT molecular complexity index is 953. The van der Waals surface area contributed by atoms with E-state index in [0.29, 0.717) is 6.54 Å². The number of benzene rings is 2. The number of piperazine rings is 1. The Kier molecular flexibility index (Phi) is 6.25. The number of nitrogens with zero attached hydrogens (tertiary/aromatic N) is 6. The van der Waals surface area contributed by atoms with Gasteiger partial charge in [-0.2, -0.15) is 0 Å². The van der Waals surface area contributed by atoms with Crippen LogP contribution in [0, 0.1) is 0 Å². The lowest BCUT2D eigenvalue weighted by molar-refractivity contribution is 0.120. The fourth-order valence-corrected chi connectivity index (χ4v) is 3.90. The van der Waals surface area contributed by atoms with Gasteiger partial charge in [0.1, 0.15) is 17.5 Å². The maximum Gasteiger partial charge on any atom is 0.173 e. The van der Waals surface area contributed by atoms with Gasteiger partial charge in [0.2, 0.25) is 0 Å². The van der Waals surface area contributed by atoms with E-state index in [2.05, 4.69) is 50.6 Å². The molecule has 0 aliphatic carbocycles. The number of methoxy groups -OCH3 is 2. The van der Waals surface area contributed by atoms with Gasteiger partial charge in [0, 0.05) is 37.8 Å². The molecular weight excluding hydrogens is 380 g/mol. The Morgan fingerprint density at radius 2 is 1.73 bits per heavy atom. The predicted molar refractivity (Wildman–Crippen MR) is 114 cm³/mol. The molecule has 0 radical (unpaired) electrons. The summed E-state index contributed by atoms with van der Waals surface area (Å²) in [7, 11) is 5.50. The van der Waals surface area contributed by atoms with Crippen molar-refractivity contribution in [2.45, 2.75) is 12.6 Å². The summed E-state index contributed by atoms with van der Waals surface area (Å²) in [6.07, 6.45) is 0. The number of rotatable bonds is 7. The normalized spacial score (nSPS) is 16.4. The van der Waals surface area contributed by atoms with Crippen molar-refractivity contribution in [3.05, 3.63) is 65.5 Å². The lowest BCUT2D eigenvalue weighted by Crippen LogP contribution is -2.46. The van der Waals surface area contributed by atoms with Gasteiger partial charge in [-0.15, -0.1) is 5.10 Å². The molecule has 1 saturated heterocycles. The number of likely N-dealkylation sites (N-methyl/N-ethyl adjacent to an activating group) is 1. The highest BCUT2D eigenvalue weighted by Gasteiger charge is 2.32. The monoisotopic (exact) mass is 408 g/mol. The van der Waals surface area contributed by atoms with Crippen LogP contribution in [-0.4, -0.2) is 77.5 Å². The van der Waals surface area contributed by atoms with Crippen molar-refractivity contribution in [3.8, 4) is 11.5 Å². The molecule has 1 atom stereocenters. The van der Waals surface area contributed by atoms with Gasteiger partial charge in [-0.25, -0.2) is 4.68 Å². The molecule has 0 saturated carbocycles. The largest absolute Gasteiger partial charge is 0.497 e. The third kappa shape index (κ3) is 4.29. The van der Waals surface area contributed by atoms with Gasteiger partial charge in [-0.3, -0.25) is 4.90 Å². The van der Waals surface area contributed by atoms with Gasteiger partial charge in [0.25, 0.3) is 0 Å². The molecule has 8 heteroatoms. The fraction of sp³-hybridized carbons (Fsp3) is 0.409. The zero-order valence-electron chi connectivity index (χ0n) is 17.7. The number of aromatic nitrogens is 4. The van der Waals surface area contributed by atoms with Crippen molar-refractivity contribution >= 4 is 0 Å². The molecule has 4 rings (SSSR count). The first-order chi connectivity index (χ1) is 14.7. The quantitative estimate of drug-likeness (QED) is 0.593. The zero-order valence-corrected chi connectivity index (χ0v) is 17.7. The van der Waals surface area contributed by atoms with E-state index in [-0.39, 0.29) is 6.04 Å². The smallest absolute Gasteiger partial charge is 0.173 e. The van der Waals surface area contributed by atoms with E-state index in [9.17, 15) is 0 Å². The van der Waals surface area contributed by atoms with Crippen LogP contribution in [0.15, 0.2) is 48.5 Å². The molecule has 1 aliphatic rings. The summed E-state index contributed by atoms with van der Waals surface area (Å²) in [4.78, 5) is 4.77. The number of tetrazole rings is 1. The minimum Gasteiger partial charge on any atom is -0.497 e. The maximum atomic E-state index is 5.74. The van der Waals surface area contributed by atoms with Crippen LogP contribution in [0.1, 0.15) is 23.0 Å². The highest BCUT2D eigenvalue weighted by molar-refractivity contribution is 5.44. The third-order valence-electron chi connectivity index (χ3n) is 5.62. The van der Waals surface area contributed by atoms with E-state index in [1.54, 1.807) is 14.2 Å². The van der Waals surface area contributed by atoms with E-state index in [1.165, 1.54) is 0 Å². The summed E-state index contributed by atoms with van der Waals surface area (Å²) in [5, 5.41) is 12.8. The van der Waals surface area contributed by atoms with Gasteiger partial charge in [0.05, 0.1) is 20.8 Å². The molecule has 0 bridgehead atoms. The first-order valence-corrected chi connectivity index (χ1v) is 10.1. The van der Waals surface area contributed by atoms with E-state index in [1.807, 2.05) is 35.0 Å². The topological polar surface area (TPSA) is 68.5 Å². The number of ether oxygens (including phenoxy) is 2. The minimum absolute atomic E-state index is 0.113. The molecule has 3 aromatic rings.